The molecule has 1 aromatic heterocycles. The SMILES string of the molecule is O=C(NC1CCN(C(=O)C2CCCCC2)CC1)c1ccc(Oc2cccnc2)cc1. The molecule has 0 radical (unpaired) electrons. The average molecular weight is 408 g/mol. The van der Waals surface area contributed by atoms with Crippen LogP contribution in [0.3, 0.4) is 0 Å². The minimum absolute atomic E-state index is 0.0833. The van der Waals surface area contributed by atoms with E-state index >= 15 is 0 Å². The smallest absolute Gasteiger partial charge is 0.251 e. The van der Waals surface area contributed by atoms with Crippen molar-refractivity contribution >= 4 is 11.8 Å². The lowest BCUT2D eigenvalue weighted by molar-refractivity contribution is -0.137. The number of nitrogens with one attached hydrogen (secondary N) is 1. The molecular weight excluding hydrogens is 378 g/mol. The summed E-state index contributed by atoms with van der Waals surface area (Å²) >= 11 is 0. The van der Waals surface area contributed by atoms with Crippen molar-refractivity contribution in [2.24, 2.45) is 5.92 Å². The number of benzene rings is 1. The number of hydrogen-bond acceptors (Lipinski definition) is 4. The Hall–Kier alpha value is -2.89. The Labute approximate surface area is 177 Å². The zero-order valence-corrected chi connectivity index (χ0v) is 17.3. The van der Waals surface area contributed by atoms with Crippen LogP contribution in [0.5, 0.6) is 11.5 Å². The molecule has 0 unspecified atom stereocenters. The van der Waals surface area contributed by atoms with Gasteiger partial charge in [0.05, 0.1) is 6.20 Å². The second-order valence-corrected chi connectivity index (χ2v) is 8.22. The third kappa shape index (κ3) is 5.17. The van der Waals surface area contributed by atoms with Gasteiger partial charge in [0.15, 0.2) is 0 Å². The lowest BCUT2D eigenvalue weighted by atomic mass is 9.87. The zero-order chi connectivity index (χ0) is 20.8. The molecule has 0 spiro atoms. The molecule has 1 aliphatic carbocycles. The molecule has 158 valence electrons. The monoisotopic (exact) mass is 407 g/mol. The normalized spacial score (nSPS) is 18.1. The molecule has 2 heterocycles. The molecule has 1 aromatic carbocycles. The van der Waals surface area contributed by atoms with Crippen molar-refractivity contribution in [2.45, 2.75) is 51.0 Å². The van der Waals surface area contributed by atoms with Gasteiger partial charge in [-0.25, -0.2) is 0 Å². The number of piperidine rings is 1. The highest BCUT2D eigenvalue weighted by molar-refractivity contribution is 5.94. The number of carbonyl (C=O) groups excluding carboxylic acids is 2. The maximum absolute atomic E-state index is 12.7. The van der Waals surface area contributed by atoms with Gasteiger partial charge in [0.25, 0.3) is 5.91 Å². The van der Waals surface area contributed by atoms with Gasteiger partial charge in [-0.1, -0.05) is 19.3 Å². The van der Waals surface area contributed by atoms with E-state index in [-0.39, 0.29) is 17.9 Å². The number of likely N-dealkylation sites (tertiary alicyclic amines) is 1. The van der Waals surface area contributed by atoms with Gasteiger partial charge in [0.1, 0.15) is 11.5 Å². The van der Waals surface area contributed by atoms with E-state index in [2.05, 4.69) is 10.3 Å². The molecule has 2 aliphatic rings. The molecule has 2 aromatic rings. The molecule has 6 nitrogen and oxygen atoms in total. The number of rotatable bonds is 5. The predicted molar refractivity (Wildman–Crippen MR) is 114 cm³/mol. The molecule has 30 heavy (non-hydrogen) atoms. The third-order valence-electron chi connectivity index (χ3n) is 6.08. The van der Waals surface area contributed by atoms with Crippen molar-refractivity contribution in [2.75, 3.05) is 13.1 Å². The lowest BCUT2D eigenvalue weighted by Gasteiger charge is -2.35. The maximum atomic E-state index is 12.7. The Morgan fingerprint density at radius 1 is 0.933 bits per heavy atom. The van der Waals surface area contributed by atoms with E-state index in [1.165, 1.54) is 19.3 Å². The molecule has 2 amide bonds. The number of ether oxygens (including phenoxy) is 1. The van der Waals surface area contributed by atoms with E-state index in [4.69, 9.17) is 4.74 Å². The Morgan fingerprint density at radius 2 is 1.67 bits per heavy atom. The van der Waals surface area contributed by atoms with Crippen molar-refractivity contribution in [3.05, 3.63) is 54.4 Å². The fourth-order valence-corrected chi connectivity index (χ4v) is 4.34. The van der Waals surface area contributed by atoms with Gasteiger partial charge >= 0.3 is 0 Å². The molecule has 4 rings (SSSR count). The number of pyridine rings is 1. The highest BCUT2D eigenvalue weighted by Crippen LogP contribution is 2.27. The summed E-state index contributed by atoms with van der Waals surface area (Å²) in [5.41, 5.74) is 0.606. The summed E-state index contributed by atoms with van der Waals surface area (Å²) in [5, 5.41) is 3.12. The van der Waals surface area contributed by atoms with Crippen LogP contribution in [0.1, 0.15) is 55.3 Å². The van der Waals surface area contributed by atoms with Gasteiger partial charge in [0, 0.05) is 36.8 Å². The van der Waals surface area contributed by atoms with Crippen LogP contribution in [-0.2, 0) is 4.79 Å². The fourth-order valence-electron chi connectivity index (χ4n) is 4.34. The van der Waals surface area contributed by atoms with E-state index in [1.807, 2.05) is 17.0 Å². The first-order valence-corrected chi connectivity index (χ1v) is 11.0. The van der Waals surface area contributed by atoms with Crippen LogP contribution < -0.4 is 10.1 Å². The molecule has 0 bridgehead atoms. The lowest BCUT2D eigenvalue weighted by Crippen LogP contribution is -2.48. The van der Waals surface area contributed by atoms with E-state index in [1.54, 1.807) is 36.7 Å². The second kappa shape index (κ2) is 9.74. The maximum Gasteiger partial charge on any atom is 0.251 e. The average Bonchev–Trinajstić information content (AvgIpc) is 2.81. The molecule has 2 fully saturated rings. The van der Waals surface area contributed by atoms with Crippen LogP contribution in [0.4, 0.5) is 0 Å². The summed E-state index contributed by atoms with van der Waals surface area (Å²) in [6.07, 6.45) is 10.6. The minimum atomic E-state index is -0.0833. The Balaban J connectivity index is 1.25. The molecule has 1 N–H and O–H groups in total. The molecule has 0 atom stereocenters. The largest absolute Gasteiger partial charge is 0.456 e. The summed E-state index contributed by atoms with van der Waals surface area (Å²) in [4.78, 5) is 31.3. The van der Waals surface area contributed by atoms with Crippen LogP contribution in [-0.4, -0.2) is 40.8 Å². The van der Waals surface area contributed by atoms with Gasteiger partial charge < -0.3 is 15.0 Å². The summed E-state index contributed by atoms with van der Waals surface area (Å²) in [7, 11) is 0. The van der Waals surface area contributed by atoms with Gasteiger partial charge in [-0.05, 0) is 62.1 Å². The van der Waals surface area contributed by atoms with E-state index in [9.17, 15) is 9.59 Å². The first-order valence-electron chi connectivity index (χ1n) is 11.0. The summed E-state index contributed by atoms with van der Waals surface area (Å²) in [5.74, 6) is 1.78. The number of carbonyl (C=O) groups is 2. The summed E-state index contributed by atoms with van der Waals surface area (Å²) in [6, 6.07) is 10.9. The quantitative estimate of drug-likeness (QED) is 0.807. The molecule has 1 aliphatic heterocycles. The Bertz CT molecular complexity index is 840. The van der Waals surface area contributed by atoms with Gasteiger partial charge in [-0.3, -0.25) is 14.6 Å². The van der Waals surface area contributed by atoms with Crippen LogP contribution in [0.15, 0.2) is 48.8 Å². The van der Waals surface area contributed by atoms with E-state index in [0.717, 1.165) is 38.8 Å². The van der Waals surface area contributed by atoms with Gasteiger partial charge in [-0.15, -0.1) is 0 Å². The Kier molecular flexibility index (Phi) is 6.62. The number of aromatic nitrogens is 1. The molecular formula is C24H29N3O3. The predicted octanol–water partition coefficient (Wildman–Crippen LogP) is 4.18. The summed E-state index contributed by atoms with van der Waals surface area (Å²) in [6.45, 7) is 1.47. The van der Waals surface area contributed by atoms with Crippen molar-refractivity contribution in [3.63, 3.8) is 0 Å². The molecule has 1 saturated carbocycles. The van der Waals surface area contributed by atoms with Crippen LogP contribution in [0, 0.1) is 5.92 Å². The molecule has 1 saturated heterocycles. The van der Waals surface area contributed by atoms with Crippen molar-refractivity contribution in [1.29, 1.82) is 0 Å². The van der Waals surface area contributed by atoms with E-state index in [0.29, 0.717) is 23.0 Å². The second-order valence-electron chi connectivity index (χ2n) is 8.22. The van der Waals surface area contributed by atoms with Crippen molar-refractivity contribution in [1.82, 2.24) is 15.2 Å². The minimum Gasteiger partial charge on any atom is -0.456 e. The zero-order valence-electron chi connectivity index (χ0n) is 17.3. The Morgan fingerprint density at radius 3 is 2.33 bits per heavy atom. The van der Waals surface area contributed by atoms with Crippen LogP contribution in [0.25, 0.3) is 0 Å². The molecule has 6 heteroatoms. The van der Waals surface area contributed by atoms with Crippen LogP contribution >= 0.6 is 0 Å². The van der Waals surface area contributed by atoms with Gasteiger partial charge in [0.2, 0.25) is 5.91 Å². The standard InChI is InChI=1S/C24H29N3O3/c28-23(18-8-10-21(11-9-18)30-22-7-4-14-25-17-22)26-20-12-15-27(16-13-20)24(29)19-5-2-1-3-6-19/h4,7-11,14,17,19-20H,1-3,5-6,12-13,15-16H2,(H,26,28). The van der Waals surface area contributed by atoms with Crippen molar-refractivity contribution in [3.8, 4) is 11.5 Å². The third-order valence-corrected chi connectivity index (χ3v) is 6.08. The number of nitrogens with zero attached hydrogens (tertiary/aromatic N) is 2. The fraction of sp³-hybridized carbons (Fsp3) is 0.458. The first kappa shape index (κ1) is 20.4. The highest BCUT2D eigenvalue weighted by Gasteiger charge is 2.29. The topological polar surface area (TPSA) is 71.5 Å². The summed E-state index contributed by atoms with van der Waals surface area (Å²) < 4.78 is 5.72. The number of hydrogen-bond donors (Lipinski definition) is 1. The number of amides is 2. The van der Waals surface area contributed by atoms with Crippen molar-refractivity contribution < 1.29 is 14.3 Å². The van der Waals surface area contributed by atoms with E-state index < -0.39 is 0 Å². The first-order chi connectivity index (χ1) is 14.7. The van der Waals surface area contributed by atoms with Crippen LogP contribution in [0.2, 0.25) is 0 Å². The van der Waals surface area contributed by atoms with Gasteiger partial charge in [-0.2, -0.15) is 0 Å². The highest BCUT2D eigenvalue weighted by atomic mass is 16.5.